The molecule has 0 heterocycles. The fraction of sp³-hybridized carbons (Fsp3) is 0.312. The summed E-state index contributed by atoms with van der Waals surface area (Å²) in [5.41, 5.74) is -3.62. The van der Waals surface area contributed by atoms with Crippen molar-refractivity contribution in [2.24, 2.45) is 0 Å². The Morgan fingerprint density at radius 1 is 0.923 bits per heavy atom. The molecule has 0 atom stereocenters. The summed E-state index contributed by atoms with van der Waals surface area (Å²) in [7, 11) is 2.90. The predicted molar refractivity (Wildman–Crippen MR) is 82.0 cm³/mol. The molecule has 0 spiro atoms. The van der Waals surface area contributed by atoms with E-state index in [0.29, 0.717) is 0 Å². The number of nitriles is 1. The second kappa shape index (κ2) is 8.48. The molecule has 1 aliphatic rings. The lowest BCUT2D eigenvalue weighted by Crippen LogP contribution is -2.18. The monoisotopic (exact) mass is 365 g/mol. The van der Waals surface area contributed by atoms with E-state index in [4.69, 9.17) is 4.74 Å². The number of esters is 4. The molecule has 0 saturated heterocycles. The van der Waals surface area contributed by atoms with Gasteiger partial charge in [-0.1, -0.05) is 0 Å². The van der Waals surface area contributed by atoms with E-state index in [9.17, 15) is 29.5 Å². The van der Waals surface area contributed by atoms with E-state index in [-0.39, 0.29) is 6.61 Å². The molecule has 1 aliphatic carbocycles. The summed E-state index contributed by atoms with van der Waals surface area (Å²) >= 11 is 0. The van der Waals surface area contributed by atoms with Crippen LogP contribution in [0.2, 0.25) is 0 Å². The zero-order valence-corrected chi connectivity index (χ0v) is 14.4. The van der Waals surface area contributed by atoms with Gasteiger partial charge in [0.15, 0.2) is 0 Å². The Balaban J connectivity index is 4.01. The Kier molecular flexibility index (Phi) is 6.66. The van der Waals surface area contributed by atoms with Crippen LogP contribution in [0.25, 0.3) is 0 Å². The summed E-state index contributed by atoms with van der Waals surface area (Å²) in [6, 6.07) is 1.49. The highest BCUT2D eigenvalue weighted by Crippen LogP contribution is 2.39. The van der Waals surface area contributed by atoms with E-state index < -0.39 is 57.5 Å². The number of allylic oxidation sites excluding steroid dienone is 1. The third-order valence-electron chi connectivity index (χ3n) is 3.23. The molecule has 0 amide bonds. The number of methoxy groups -OCH3 is 3. The maximum atomic E-state index is 12.2. The molecule has 0 saturated carbocycles. The van der Waals surface area contributed by atoms with Crippen LogP contribution in [0.15, 0.2) is 33.6 Å². The molecule has 138 valence electrons. The van der Waals surface area contributed by atoms with Crippen molar-refractivity contribution in [3.05, 3.63) is 33.6 Å². The average molecular weight is 365 g/mol. The van der Waals surface area contributed by atoms with Crippen LogP contribution in [-0.4, -0.2) is 56.9 Å². The Bertz CT molecular complexity index is 808. The van der Waals surface area contributed by atoms with Crippen LogP contribution in [0.1, 0.15) is 6.92 Å². The normalized spacial score (nSPS) is 15.2. The van der Waals surface area contributed by atoms with Gasteiger partial charge >= 0.3 is 23.9 Å². The summed E-state index contributed by atoms with van der Waals surface area (Å²) in [4.78, 5) is 48.3. The lowest BCUT2D eigenvalue weighted by Gasteiger charge is -2.09. The fourth-order valence-corrected chi connectivity index (χ4v) is 2.18. The van der Waals surface area contributed by atoms with Crippen molar-refractivity contribution in [3.63, 3.8) is 0 Å². The number of ether oxygens (including phenoxy) is 4. The van der Waals surface area contributed by atoms with Gasteiger partial charge in [-0.05, 0) is 6.92 Å². The van der Waals surface area contributed by atoms with Crippen LogP contribution in [0.5, 0.6) is 0 Å². The zero-order valence-electron chi connectivity index (χ0n) is 14.4. The molecule has 0 fully saturated rings. The summed E-state index contributed by atoms with van der Waals surface area (Å²) in [5, 5.41) is 19.7. The molecule has 0 aromatic heterocycles. The first kappa shape index (κ1) is 20.4. The van der Waals surface area contributed by atoms with Gasteiger partial charge in [0.1, 0.15) is 23.0 Å². The van der Waals surface area contributed by atoms with Gasteiger partial charge in [-0.25, -0.2) is 19.2 Å². The van der Waals surface area contributed by atoms with Crippen LogP contribution in [0.3, 0.4) is 0 Å². The van der Waals surface area contributed by atoms with Gasteiger partial charge in [0.05, 0.1) is 44.7 Å². The van der Waals surface area contributed by atoms with E-state index in [2.05, 4.69) is 14.2 Å². The number of aliphatic hydroxyl groups excluding tert-OH is 1. The molecule has 26 heavy (non-hydrogen) atoms. The van der Waals surface area contributed by atoms with Crippen LogP contribution in [0, 0.1) is 11.3 Å². The van der Waals surface area contributed by atoms with Gasteiger partial charge in [-0.2, -0.15) is 5.26 Å². The molecule has 0 aromatic carbocycles. The summed E-state index contributed by atoms with van der Waals surface area (Å²) < 4.78 is 18.3. The number of rotatable bonds is 5. The molecule has 0 unspecified atom stereocenters. The molecule has 10 nitrogen and oxygen atoms in total. The lowest BCUT2D eigenvalue weighted by atomic mass is 10.00. The number of aliphatic hydroxyl groups is 1. The first-order chi connectivity index (χ1) is 12.3. The van der Waals surface area contributed by atoms with Gasteiger partial charge in [-0.3, -0.25) is 0 Å². The Labute approximate surface area is 147 Å². The molecule has 1 rings (SSSR count). The summed E-state index contributed by atoms with van der Waals surface area (Å²) in [6.07, 6.45) is 0. The highest BCUT2D eigenvalue weighted by atomic mass is 16.5. The Morgan fingerprint density at radius 3 is 1.81 bits per heavy atom. The third-order valence-corrected chi connectivity index (χ3v) is 3.23. The van der Waals surface area contributed by atoms with Crippen LogP contribution < -0.4 is 0 Å². The second-order valence-corrected chi connectivity index (χ2v) is 4.53. The first-order valence-electron chi connectivity index (χ1n) is 7.05. The van der Waals surface area contributed by atoms with Crippen molar-refractivity contribution < 1.29 is 43.2 Å². The molecule has 1 N–H and O–H groups in total. The van der Waals surface area contributed by atoms with Gasteiger partial charge in [0.25, 0.3) is 0 Å². The van der Waals surface area contributed by atoms with Gasteiger partial charge in [-0.15, -0.1) is 0 Å². The van der Waals surface area contributed by atoms with Crippen LogP contribution >= 0.6 is 0 Å². The van der Waals surface area contributed by atoms with E-state index >= 15 is 0 Å². The number of carbonyl (C=O) groups excluding carboxylic acids is 4. The highest BCUT2D eigenvalue weighted by Gasteiger charge is 2.44. The topological polar surface area (TPSA) is 149 Å². The Hall–Kier alpha value is -3.61. The smallest absolute Gasteiger partial charge is 0.349 e. The van der Waals surface area contributed by atoms with Crippen LogP contribution in [-0.2, 0) is 38.1 Å². The predicted octanol–water partition coefficient (Wildman–Crippen LogP) is 0.0110. The number of hydrogen-bond donors (Lipinski definition) is 1. The third kappa shape index (κ3) is 3.41. The van der Waals surface area contributed by atoms with Crippen molar-refractivity contribution >= 4 is 23.9 Å². The lowest BCUT2D eigenvalue weighted by molar-refractivity contribution is -0.140. The minimum Gasteiger partial charge on any atom is -0.506 e. The largest absolute Gasteiger partial charge is 0.506 e. The molecule has 0 aromatic rings. The summed E-state index contributed by atoms with van der Waals surface area (Å²) in [6.45, 7) is 1.37. The van der Waals surface area contributed by atoms with E-state index in [1.54, 1.807) is 0 Å². The van der Waals surface area contributed by atoms with Gasteiger partial charge < -0.3 is 24.1 Å². The molecule has 0 aliphatic heterocycles. The van der Waals surface area contributed by atoms with E-state index in [0.717, 1.165) is 21.3 Å². The second-order valence-electron chi connectivity index (χ2n) is 4.53. The minimum absolute atomic E-state index is 0.104. The fourth-order valence-electron chi connectivity index (χ4n) is 2.18. The minimum atomic E-state index is -1.19. The van der Waals surface area contributed by atoms with E-state index in [1.807, 2.05) is 0 Å². The number of hydrogen-bond acceptors (Lipinski definition) is 10. The molecule has 0 bridgehead atoms. The average Bonchev–Trinajstić information content (AvgIpc) is 2.94. The summed E-state index contributed by atoms with van der Waals surface area (Å²) in [5.74, 6) is -5.73. The Morgan fingerprint density at radius 2 is 1.38 bits per heavy atom. The van der Waals surface area contributed by atoms with Crippen molar-refractivity contribution in [1.29, 1.82) is 5.26 Å². The zero-order chi connectivity index (χ0) is 20.0. The van der Waals surface area contributed by atoms with Gasteiger partial charge in [0, 0.05) is 0 Å². The first-order valence-corrected chi connectivity index (χ1v) is 7.05. The van der Waals surface area contributed by atoms with Crippen molar-refractivity contribution in [3.8, 4) is 6.07 Å². The maximum Gasteiger partial charge on any atom is 0.349 e. The molecule has 0 radical (unpaired) electrons. The number of carbonyl (C=O) groups is 4. The van der Waals surface area contributed by atoms with E-state index in [1.165, 1.54) is 13.0 Å². The quantitative estimate of drug-likeness (QED) is 0.305. The van der Waals surface area contributed by atoms with Gasteiger partial charge in [0.2, 0.25) is 0 Å². The van der Waals surface area contributed by atoms with Crippen molar-refractivity contribution in [2.45, 2.75) is 6.92 Å². The van der Waals surface area contributed by atoms with Crippen molar-refractivity contribution in [2.75, 3.05) is 27.9 Å². The number of nitrogens with zero attached hydrogens (tertiary/aromatic N) is 1. The standard InChI is InChI=1S/C16H15NO9/c1-5-26-13(19)7(6-17)8-9(14(20)23-2)10(15(21)24-3)11(12(8)18)16(22)25-4/h18H,5H2,1-4H3/b8-7+. The maximum absolute atomic E-state index is 12.2. The SMILES string of the molecule is CCOC(=O)/C(C#N)=C1/C(O)=C(C(=O)OC)C(C(=O)OC)=C1C(=O)OC. The van der Waals surface area contributed by atoms with Crippen molar-refractivity contribution in [1.82, 2.24) is 0 Å². The molecule has 10 heteroatoms. The van der Waals surface area contributed by atoms with Crippen LogP contribution in [0.4, 0.5) is 0 Å². The highest BCUT2D eigenvalue weighted by molar-refractivity contribution is 6.18. The molecular formula is C16H15NO9. The molecular weight excluding hydrogens is 350 g/mol.